The molecule has 0 unspecified atom stereocenters. The van der Waals surface area contributed by atoms with E-state index >= 15 is 115 Å². The zero-order valence-electron chi connectivity index (χ0n) is 72.4. The van der Waals surface area contributed by atoms with Crippen molar-refractivity contribution in [3.63, 3.8) is 0 Å². The van der Waals surface area contributed by atoms with Gasteiger partial charge in [0.15, 0.2) is 0 Å². The molecular weight excluding hydrogens is 1780 g/mol. The third-order valence-electron chi connectivity index (χ3n) is 26.8. The number of esters is 12. The molecule has 18 aliphatic rings. The Morgan fingerprint density at radius 1 is 0.144 bits per heavy atom. The van der Waals surface area contributed by atoms with Crippen LogP contribution < -0.4 is 0 Å². The lowest BCUT2D eigenvalue weighted by molar-refractivity contribution is -0.376. The summed E-state index contributed by atoms with van der Waals surface area (Å²) in [5, 5.41) is 0. The highest BCUT2D eigenvalue weighted by molar-refractivity contribution is 6.01. The molecule has 0 atom stereocenters. The SMILES string of the molecule is CCC(=O)OC12N3CN4C(=O)N5CN6C(=O)N7CN8C(=O)N9CN%10C(=O)N%11CN%12C(=O)N%13CN(C3=O)C1(OC(=O)CC)N1CN3C(=O)N(CN%14C(=O)N(CN%15C(=O)N(CN%16C(=O)N(CN%17C(=O)N(CN2C1=O)C4(OC(=O)CC)C5%17OC(=O)CC)C6(OC(=O)CC)C7%16OC(=O)CC)C8(OC(=O)CC)C9%15OC(=O)CC)C%10(OC(=O)CC)C%11%14OC(=O)CC)C%12(OC(=O)CC)C%133OC(=O)CC. The molecule has 18 aliphatic heterocycles. The highest BCUT2D eigenvalue weighted by Crippen LogP contribution is 2.69. The summed E-state index contributed by atoms with van der Waals surface area (Å²) in [7, 11) is 0. The number of nitrogens with zero attached hydrogens (tertiary/aromatic N) is 24. The monoisotopic (exact) mass is 1860 g/mol. The van der Waals surface area contributed by atoms with Crippen LogP contribution in [0.4, 0.5) is 57.5 Å². The fourth-order valence-corrected chi connectivity index (χ4v) is 21.2. The van der Waals surface area contributed by atoms with Crippen LogP contribution >= 0.6 is 0 Å². The second kappa shape index (κ2) is 27.3. The van der Waals surface area contributed by atoms with Gasteiger partial charge in [-0.25, -0.2) is 175 Å². The molecule has 708 valence electrons. The van der Waals surface area contributed by atoms with Gasteiger partial charge in [-0.1, -0.05) is 83.1 Å². The van der Waals surface area contributed by atoms with E-state index in [0.29, 0.717) is 0 Å². The van der Waals surface area contributed by atoms with Gasteiger partial charge in [0, 0.05) is 77.0 Å². The lowest BCUT2D eigenvalue weighted by Gasteiger charge is -2.54. The molecule has 18 fully saturated rings. The molecule has 0 spiro atoms. The average molecular weight is 1860 g/mol. The Hall–Kier alpha value is -15.1. The topological polar surface area (TPSA) is 598 Å². The number of urea groups is 12. The lowest BCUT2D eigenvalue weighted by atomic mass is 10.1. The van der Waals surface area contributed by atoms with Crippen LogP contribution in [-0.2, 0) is 114 Å². The molecule has 18 rings (SSSR count). The summed E-state index contributed by atoms with van der Waals surface area (Å²) in [4.78, 5) is 401. The second-order valence-electron chi connectivity index (χ2n) is 32.6. The van der Waals surface area contributed by atoms with E-state index in [0.717, 1.165) is 83.1 Å². The van der Waals surface area contributed by atoms with E-state index in [-0.39, 0.29) is 118 Å². The predicted molar refractivity (Wildman–Crippen MR) is 397 cm³/mol. The van der Waals surface area contributed by atoms with Crippen molar-refractivity contribution in [2.75, 3.05) is 80.0 Å². The highest BCUT2D eigenvalue weighted by atomic mass is 16.7. The van der Waals surface area contributed by atoms with E-state index in [1.54, 1.807) is 0 Å². The van der Waals surface area contributed by atoms with Gasteiger partial charge in [0.05, 0.1) is 0 Å². The van der Waals surface area contributed by atoms with Crippen LogP contribution in [0.1, 0.15) is 160 Å². The first-order valence-corrected chi connectivity index (χ1v) is 42.3. The molecule has 0 saturated carbocycles. The Balaban J connectivity index is 1.00. The Kier molecular flexibility index (Phi) is 17.8. The molecule has 0 aliphatic carbocycles. The molecule has 18 heterocycles. The van der Waals surface area contributed by atoms with Gasteiger partial charge < -0.3 is 56.8 Å². The van der Waals surface area contributed by atoms with Crippen LogP contribution in [0.5, 0.6) is 0 Å². The summed E-state index contributed by atoms with van der Waals surface area (Å²) in [6, 6.07) is -22.8. The molecule has 18 saturated heterocycles. The van der Waals surface area contributed by atoms with Crippen LogP contribution in [0.15, 0.2) is 0 Å². The van der Waals surface area contributed by atoms with E-state index in [9.17, 15) is 0 Å². The van der Waals surface area contributed by atoms with Crippen molar-refractivity contribution in [2.24, 2.45) is 0 Å². The molecule has 24 amide bonds. The number of hydrogen-bond donors (Lipinski definition) is 0. The molecule has 132 heavy (non-hydrogen) atoms. The molecule has 0 aromatic rings. The summed E-state index contributed by atoms with van der Waals surface area (Å²) in [6.45, 7) is -9.29. The smallest absolute Gasteiger partial charge is 0.360 e. The van der Waals surface area contributed by atoms with Crippen molar-refractivity contribution in [3.05, 3.63) is 0 Å². The quantitative estimate of drug-likeness (QED) is 0.0725. The molecular formula is C72H84N24O36. The maximum absolute atomic E-state index is 17.7. The van der Waals surface area contributed by atoms with Gasteiger partial charge in [-0.15, -0.1) is 0 Å². The fourth-order valence-electron chi connectivity index (χ4n) is 21.2. The first-order valence-electron chi connectivity index (χ1n) is 42.3. The third kappa shape index (κ3) is 8.82. The highest BCUT2D eigenvalue weighted by Gasteiger charge is 3.01. The van der Waals surface area contributed by atoms with Gasteiger partial charge in [0.1, 0.15) is 80.0 Å². The summed E-state index contributed by atoms with van der Waals surface area (Å²) < 4.78 is 78.6. The maximum Gasteiger partial charge on any atom is 0.360 e. The van der Waals surface area contributed by atoms with Crippen LogP contribution in [0, 0.1) is 0 Å². The largest absolute Gasteiger partial charge is 0.411 e. The summed E-state index contributed by atoms with van der Waals surface area (Å²) >= 11 is 0. The molecule has 60 heteroatoms. The minimum atomic E-state index is -3.85. The Labute approximate surface area is 741 Å². The molecule has 60 nitrogen and oxygen atoms in total. The Morgan fingerprint density at radius 3 is 0.242 bits per heavy atom. The van der Waals surface area contributed by atoms with Gasteiger partial charge >= 0.3 is 214 Å². The Bertz CT molecular complexity index is 4170. The standard InChI is InChI=1S/C72H84N24O36/c1-13-37(97)121-61-62(122-38(98)14-2)75-27-79-53(113)83-31-87-57(117)91-35-95-59(119)93-33-89-55(115)85-29-81-51(111)77(25-73(61)49(75)109)63(123-39(99)15-3)64(81,124-40(100)16-4)82-30-86-56(116)90(68(89,128-44(104)20-8)67(85,86)127-43(103)19-7)34-94-60(120)96(72(95,132-48(108)24-12)71(93,94)131-47(107)23-11)36-92-58(118)88(69(87,129-45(105)21-9)70(91,92)130-46(106)22-10)32-84-54(114)80(28-76(62)50(110)74(61)26-78(63)52(82)112)65(79,125-41(101)17-5)66(83,84)126-42(102)18-6/h13-36H2,1-12H3. The number of ether oxygens (including phenoxy) is 12. The number of rotatable bonds is 24. The van der Waals surface area contributed by atoms with Crippen molar-refractivity contribution < 1.29 is 172 Å². The number of carbonyl (C=O) groups is 24. The average Bonchev–Trinajstić information content (AvgIpc) is 1.45. The first-order chi connectivity index (χ1) is 62.6. The van der Waals surface area contributed by atoms with E-state index in [1.165, 1.54) is 0 Å². The van der Waals surface area contributed by atoms with Crippen LogP contribution in [0.3, 0.4) is 0 Å². The van der Waals surface area contributed by atoms with Crippen molar-refractivity contribution in [1.29, 1.82) is 0 Å². The van der Waals surface area contributed by atoms with Crippen LogP contribution in [-0.4, -0.2) is 412 Å². The number of carbonyl (C=O) groups excluding carboxylic acids is 24. The Morgan fingerprint density at radius 2 is 0.197 bits per heavy atom. The molecule has 0 bridgehead atoms. The minimum absolute atomic E-state index is 0.240. The summed E-state index contributed by atoms with van der Waals surface area (Å²) in [6.07, 6.45) is -10.3. The molecule has 0 radical (unpaired) electrons. The van der Waals surface area contributed by atoms with E-state index in [1.807, 2.05) is 0 Å². The zero-order chi connectivity index (χ0) is 95.2. The van der Waals surface area contributed by atoms with E-state index in [2.05, 4.69) is 0 Å². The fraction of sp³-hybridized carbons (Fsp3) is 0.667. The van der Waals surface area contributed by atoms with Gasteiger partial charge in [0.2, 0.25) is 0 Å². The van der Waals surface area contributed by atoms with Crippen LogP contribution in [0.25, 0.3) is 0 Å². The molecule has 0 N–H and O–H groups in total. The van der Waals surface area contributed by atoms with Crippen LogP contribution in [0.2, 0.25) is 0 Å². The first kappa shape index (κ1) is 86.3. The number of hydrogen-bond acceptors (Lipinski definition) is 36. The summed E-state index contributed by atoms with van der Waals surface area (Å²) in [5.74, 6) is -64.7. The van der Waals surface area contributed by atoms with Crippen molar-refractivity contribution >= 4 is 144 Å². The van der Waals surface area contributed by atoms with Crippen molar-refractivity contribution in [2.45, 2.75) is 230 Å². The maximum atomic E-state index is 17.7. The molecule has 0 aromatic heterocycles. The van der Waals surface area contributed by atoms with Gasteiger partial charge in [-0.3, -0.25) is 57.5 Å². The second-order valence-corrected chi connectivity index (χ2v) is 32.6. The zero-order valence-corrected chi connectivity index (χ0v) is 72.4. The van der Waals surface area contributed by atoms with Crippen molar-refractivity contribution in [1.82, 2.24) is 118 Å². The predicted octanol–water partition coefficient (Wildman–Crippen LogP) is -2.29. The lowest BCUT2D eigenvalue weighted by Crippen LogP contribution is -2.81. The minimum Gasteiger partial charge on any atom is -0.411 e. The van der Waals surface area contributed by atoms with E-state index in [4.69, 9.17) is 56.8 Å². The molecule has 0 aromatic carbocycles. The van der Waals surface area contributed by atoms with E-state index < -0.39 is 371 Å². The van der Waals surface area contributed by atoms with Crippen molar-refractivity contribution in [3.8, 4) is 0 Å². The van der Waals surface area contributed by atoms with Gasteiger partial charge in [0.25, 0.3) is 0 Å². The normalized spacial score (nSPS) is 33.5. The van der Waals surface area contributed by atoms with Gasteiger partial charge in [-0.2, -0.15) is 0 Å². The number of amides is 24. The third-order valence-corrected chi connectivity index (χ3v) is 26.8. The van der Waals surface area contributed by atoms with Gasteiger partial charge in [-0.05, 0) is 0 Å². The summed E-state index contributed by atoms with van der Waals surface area (Å²) in [5.41, 5.74) is 0.